The molecule has 10 heteroatoms. The number of hydrogen-bond donors (Lipinski definition) is 1. The van der Waals surface area contributed by atoms with Crippen LogP contribution in [0, 0.1) is 5.82 Å². The molecule has 4 rings (SSSR count). The molecule has 4 amide bonds. The predicted octanol–water partition coefficient (Wildman–Crippen LogP) is 5.63. The van der Waals surface area contributed by atoms with E-state index < -0.39 is 17.8 Å². The molecule has 1 fully saturated rings. The lowest BCUT2D eigenvalue weighted by Crippen LogP contribution is -2.53. The number of carbonyl (C=O) groups is 3. The molecule has 0 saturated carbocycles. The summed E-state index contributed by atoms with van der Waals surface area (Å²) in [7, 11) is 1.50. The lowest BCUT2D eigenvalue weighted by Gasteiger charge is -2.26. The van der Waals surface area contributed by atoms with Gasteiger partial charge >= 0.3 is 6.03 Å². The van der Waals surface area contributed by atoms with Crippen molar-refractivity contribution < 1.29 is 33.0 Å². The fourth-order valence-corrected chi connectivity index (χ4v) is 4.20. The second-order valence-electron chi connectivity index (χ2n) is 8.64. The fourth-order valence-electron chi connectivity index (χ4n) is 3.82. The van der Waals surface area contributed by atoms with Crippen LogP contribution in [0.5, 0.6) is 17.2 Å². The summed E-state index contributed by atoms with van der Waals surface area (Å²) >= 11 is 3.40. The van der Waals surface area contributed by atoms with Crippen LogP contribution in [0.4, 0.5) is 9.18 Å². The minimum atomic E-state index is -0.825. The highest BCUT2D eigenvalue weighted by Crippen LogP contribution is 2.30. The molecule has 1 N–H and O–H groups in total. The Labute approximate surface area is 233 Å². The van der Waals surface area contributed by atoms with E-state index in [0.717, 1.165) is 16.9 Å². The molecular weight excluding hydrogens is 571 g/mol. The van der Waals surface area contributed by atoms with Gasteiger partial charge in [0.25, 0.3) is 11.8 Å². The molecule has 202 valence electrons. The van der Waals surface area contributed by atoms with Gasteiger partial charge in [-0.1, -0.05) is 41.1 Å². The molecule has 1 aliphatic rings. The largest absolute Gasteiger partial charge is 0.493 e. The summed E-state index contributed by atoms with van der Waals surface area (Å²) in [5, 5.41) is 2.23. The highest BCUT2D eigenvalue weighted by Gasteiger charge is 2.36. The first-order valence-corrected chi connectivity index (χ1v) is 12.9. The minimum Gasteiger partial charge on any atom is -0.493 e. The van der Waals surface area contributed by atoms with Gasteiger partial charge in [-0.2, -0.15) is 0 Å². The monoisotopic (exact) mass is 596 g/mol. The SMILES string of the molecule is CCCOc1ccc(CN2C(=O)NC(=O)/C(=C\c3cc(Br)ccc3OCc3ccc(F)cc3)C2=O)cc1OC. The van der Waals surface area contributed by atoms with E-state index in [4.69, 9.17) is 14.2 Å². The van der Waals surface area contributed by atoms with Crippen LogP contribution >= 0.6 is 15.9 Å². The number of ether oxygens (including phenoxy) is 3. The number of hydrogen-bond acceptors (Lipinski definition) is 6. The number of rotatable bonds is 10. The maximum Gasteiger partial charge on any atom is 0.331 e. The number of halogens is 2. The van der Waals surface area contributed by atoms with Gasteiger partial charge in [-0.3, -0.25) is 19.8 Å². The number of benzene rings is 3. The Bertz CT molecular complexity index is 1420. The molecule has 3 aromatic rings. The van der Waals surface area contributed by atoms with E-state index in [-0.39, 0.29) is 24.5 Å². The highest BCUT2D eigenvalue weighted by molar-refractivity contribution is 9.10. The topological polar surface area (TPSA) is 94.2 Å². The van der Waals surface area contributed by atoms with Gasteiger partial charge in [0.1, 0.15) is 23.7 Å². The third-order valence-corrected chi connectivity index (χ3v) is 6.29. The van der Waals surface area contributed by atoms with Crippen LogP contribution < -0.4 is 19.5 Å². The van der Waals surface area contributed by atoms with Gasteiger partial charge in [-0.05, 0) is 66.1 Å². The lowest BCUT2D eigenvalue weighted by atomic mass is 10.1. The molecule has 39 heavy (non-hydrogen) atoms. The van der Waals surface area contributed by atoms with Crippen molar-refractivity contribution in [1.82, 2.24) is 10.2 Å². The lowest BCUT2D eigenvalue weighted by molar-refractivity contribution is -0.130. The van der Waals surface area contributed by atoms with E-state index >= 15 is 0 Å². The third kappa shape index (κ3) is 6.83. The van der Waals surface area contributed by atoms with Crippen molar-refractivity contribution in [2.24, 2.45) is 0 Å². The second-order valence-corrected chi connectivity index (χ2v) is 9.56. The van der Waals surface area contributed by atoms with E-state index in [9.17, 15) is 18.8 Å². The summed E-state index contributed by atoms with van der Waals surface area (Å²) < 4.78 is 30.9. The summed E-state index contributed by atoms with van der Waals surface area (Å²) in [6, 6.07) is 15.3. The summed E-state index contributed by atoms with van der Waals surface area (Å²) in [5.41, 5.74) is 1.56. The van der Waals surface area contributed by atoms with E-state index in [1.807, 2.05) is 6.92 Å². The van der Waals surface area contributed by atoms with Gasteiger partial charge in [-0.25, -0.2) is 9.18 Å². The zero-order chi connectivity index (χ0) is 27.9. The summed E-state index contributed by atoms with van der Waals surface area (Å²) in [6.07, 6.45) is 2.21. The van der Waals surface area contributed by atoms with Gasteiger partial charge in [0.2, 0.25) is 0 Å². The van der Waals surface area contributed by atoms with E-state index in [2.05, 4.69) is 21.2 Å². The Morgan fingerprint density at radius 1 is 0.923 bits per heavy atom. The molecule has 0 unspecified atom stereocenters. The summed E-state index contributed by atoms with van der Waals surface area (Å²) in [5.74, 6) is -0.504. The number of barbiturate groups is 1. The molecule has 0 aliphatic carbocycles. The van der Waals surface area contributed by atoms with Crippen molar-refractivity contribution in [2.75, 3.05) is 13.7 Å². The van der Waals surface area contributed by atoms with Gasteiger partial charge in [0.15, 0.2) is 11.5 Å². The molecule has 8 nitrogen and oxygen atoms in total. The average Bonchev–Trinajstić information content (AvgIpc) is 2.92. The molecule has 0 spiro atoms. The van der Waals surface area contributed by atoms with Crippen molar-refractivity contribution in [3.63, 3.8) is 0 Å². The van der Waals surface area contributed by atoms with Crippen LogP contribution in [-0.2, 0) is 22.7 Å². The number of imide groups is 2. The molecule has 0 atom stereocenters. The Hall–Kier alpha value is -4.18. The number of amides is 4. The first kappa shape index (κ1) is 27.8. The maximum atomic E-state index is 13.4. The number of urea groups is 1. The Morgan fingerprint density at radius 3 is 2.36 bits per heavy atom. The maximum absolute atomic E-state index is 13.4. The molecule has 1 aliphatic heterocycles. The van der Waals surface area contributed by atoms with E-state index in [1.54, 1.807) is 48.5 Å². The normalized spacial score (nSPS) is 14.4. The minimum absolute atomic E-state index is 0.0912. The van der Waals surface area contributed by atoms with E-state index in [1.165, 1.54) is 25.3 Å². The second kappa shape index (κ2) is 12.6. The molecule has 0 radical (unpaired) electrons. The quantitative estimate of drug-likeness (QED) is 0.241. The molecule has 0 bridgehead atoms. The van der Waals surface area contributed by atoms with Crippen molar-refractivity contribution in [3.8, 4) is 17.2 Å². The van der Waals surface area contributed by atoms with Gasteiger partial charge < -0.3 is 14.2 Å². The van der Waals surface area contributed by atoms with Crippen molar-refractivity contribution >= 4 is 39.9 Å². The van der Waals surface area contributed by atoms with Crippen molar-refractivity contribution in [3.05, 3.63) is 93.2 Å². The molecule has 0 aromatic heterocycles. The number of nitrogens with one attached hydrogen (secondary N) is 1. The first-order chi connectivity index (χ1) is 18.8. The van der Waals surface area contributed by atoms with Gasteiger partial charge in [0, 0.05) is 10.0 Å². The predicted molar refractivity (Wildman–Crippen MR) is 146 cm³/mol. The van der Waals surface area contributed by atoms with Crippen molar-refractivity contribution in [2.45, 2.75) is 26.5 Å². The van der Waals surface area contributed by atoms with Crippen LogP contribution in [0.25, 0.3) is 6.08 Å². The standard InChI is InChI=1S/C29H26BrFN2O6/c1-3-12-38-25-10-6-19(13-26(25)37-2)16-33-28(35)23(27(34)32-29(33)36)15-20-14-21(30)7-11-24(20)39-17-18-4-8-22(31)9-5-18/h4-11,13-15H,3,12,16-17H2,1-2H3,(H,32,34,36)/b23-15+. The molecule has 1 saturated heterocycles. The zero-order valence-electron chi connectivity index (χ0n) is 21.3. The summed E-state index contributed by atoms with van der Waals surface area (Å²) in [6.45, 7) is 2.56. The van der Waals surface area contributed by atoms with Crippen LogP contribution in [-0.4, -0.2) is 36.5 Å². The smallest absolute Gasteiger partial charge is 0.331 e. The van der Waals surface area contributed by atoms with Crippen LogP contribution in [0.1, 0.15) is 30.0 Å². The number of carbonyl (C=O) groups excluding carboxylic acids is 3. The molecular formula is C29H26BrFN2O6. The Kier molecular flexibility index (Phi) is 8.98. The third-order valence-electron chi connectivity index (χ3n) is 5.80. The summed E-state index contributed by atoms with van der Waals surface area (Å²) in [4.78, 5) is 39.6. The Balaban J connectivity index is 1.58. The van der Waals surface area contributed by atoms with Gasteiger partial charge in [0.05, 0.1) is 20.3 Å². The Morgan fingerprint density at radius 2 is 1.64 bits per heavy atom. The van der Waals surface area contributed by atoms with Crippen LogP contribution in [0.3, 0.4) is 0 Å². The van der Waals surface area contributed by atoms with Crippen LogP contribution in [0.2, 0.25) is 0 Å². The highest BCUT2D eigenvalue weighted by atomic mass is 79.9. The number of nitrogens with zero attached hydrogens (tertiary/aromatic N) is 1. The molecule has 3 aromatic carbocycles. The fraction of sp³-hybridized carbons (Fsp3) is 0.207. The number of methoxy groups -OCH3 is 1. The van der Waals surface area contributed by atoms with Gasteiger partial charge in [-0.15, -0.1) is 0 Å². The zero-order valence-corrected chi connectivity index (χ0v) is 22.9. The van der Waals surface area contributed by atoms with Crippen LogP contribution in [0.15, 0.2) is 70.7 Å². The van der Waals surface area contributed by atoms with E-state index in [0.29, 0.717) is 39.5 Å². The average molecular weight is 597 g/mol. The first-order valence-electron chi connectivity index (χ1n) is 12.1. The van der Waals surface area contributed by atoms with Crippen molar-refractivity contribution in [1.29, 1.82) is 0 Å². The molecule has 1 heterocycles.